The molecule has 9 unspecified atom stereocenters. The smallest absolute Gasteiger partial charge is 0.189 e. The van der Waals surface area contributed by atoms with Gasteiger partial charge in [0.25, 0.3) is 0 Å². The highest BCUT2D eigenvalue weighted by Gasteiger charge is 2.74. The highest BCUT2D eigenvalue weighted by Crippen LogP contribution is 2.78. The Balaban J connectivity index is 1.07. The summed E-state index contributed by atoms with van der Waals surface area (Å²) in [6.07, 6.45) is 9.98. The zero-order chi connectivity index (χ0) is 40.5. The van der Waals surface area contributed by atoms with Gasteiger partial charge in [-0.1, -0.05) is 105 Å². The van der Waals surface area contributed by atoms with Crippen molar-refractivity contribution in [3.05, 3.63) is 143 Å². The zero-order valence-corrected chi connectivity index (χ0v) is 33.5. The molecular formula is C50H55F2NO5. The number of benzene rings is 4. The first-order valence-corrected chi connectivity index (χ1v) is 21.1. The van der Waals surface area contributed by atoms with E-state index < -0.39 is 45.7 Å². The Morgan fingerprint density at radius 1 is 0.862 bits per heavy atom. The second-order valence-electron chi connectivity index (χ2n) is 18.7. The predicted octanol–water partition coefficient (Wildman–Crippen LogP) is 8.97. The van der Waals surface area contributed by atoms with Gasteiger partial charge in [0, 0.05) is 47.0 Å². The summed E-state index contributed by atoms with van der Waals surface area (Å²) in [6.45, 7) is 6.17. The predicted molar refractivity (Wildman–Crippen MR) is 221 cm³/mol. The molecule has 0 aliphatic heterocycles. The third-order valence-corrected chi connectivity index (χ3v) is 15.8. The average Bonchev–Trinajstić information content (AvgIpc) is 3.48. The van der Waals surface area contributed by atoms with Crippen molar-refractivity contribution in [1.82, 2.24) is 4.90 Å². The molecule has 3 N–H and O–H groups in total. The van der Waals surface area contributed by atoms with Crippen molar-refractivity contribution in [2.45, 2.75) is 89.8 Å². The number of allylic oxidation sites excluding steroid dienone is 4. The second-order valence-corrected chi connectivity index (χ2v) is 18.7. The van der Waals surface area contributed by atoms with Gasteiger partial charge >= 0.3 is 0 Å². The molecule has 2 bridgehead atoms. The van der Waals surface area contributed by atoms with E-state index in [1.807, 2.05) is 42.5 Å². The summed E-state index contributed by atoms with van der Waals surface area (Å²) < 4.78 is 34.9. The Bertz CT molecular complexity index is 2270. The van der Waals surface area contributed by atoms with E-state index >= 15 is 0 Å². The highest BCUT2D eigenvalue weighted by molar-refractivity contribution is 6.10. The van der Waals surface area contributed by atoms with Crippen molar-refractivity contribution in [3.63, 3.8) is 0 Å². The van der Waals surface area contributed by atoms with Crippen molar-refractivity contribution in [3.8, 4) is 0 Å². The second kappa shape index (κ2) is 14.6. The number of hydrogen-bond acceptors (Lipinski definition) is 6. The van der Waals surface area contributed by atoms with Gasteiger partial charge in [0.2, 0.25) is 0 Å². The van der Waals surface area contributed by atoms with Gasteiger partial charge in [-0.2, -0.15) is 0 Å². The summed E-state index contributed by atoms with van der Waals surface area (Å²) in [5, 5.41) is 38.1. The first-order chi connectivity index (χ1) is 27.8. The van der Waals surface area contributed by atoms with Crippen molar-refractivity contribution < 1.29 is 33.6 Å². The van der Waals surface area contributed by atoms with Crippen LogP contribution in [0.25, 0.3) is 10.8 Å². The number of hydrogen-bond donors (Lipinski definition) is 3. The standard InChI is InChI=1S/C50H55F2NO5/c1-46-20-17-37(54)26-48(46)23-24-50(40(27-48)45(56)35-15-16-41(51)42(52)25-35)43(46)18-21-47(2)44(50)19-22-49(47,57)32-53(28-36-13-8-12-34-11-6-7-14-39(34)36)29-38(55)31-58-30-33-9-4-3-5-10-33/h3-16,23-25,27,37-38,43-44,54-55,57H,17-22,26,28-32H2,1-2H3. The summed E-state index contributed by atoms with van der Waals surface area (Å²) in [5.74, 6) is -2.44. The van der Waals surface area contributed by atoms with E-state index in [1.165, 1.54) is 6.07 Å². The van der Waals surface area contributed by atoms with E-state index in [0.29, 0.717) is 51.0 Å². The van der Waals surface area contributed by atoms with Gasteiger partial charge in [0.1, 0.15) is 0 Å². The summed E-state index contributed by atoms with van der Waals surface area (Å²) >= 11 is 0. The molecule has 10 rings (SSSR count). The third kappa shape index (κ3) is 6.16. The molecule has 0 aromatic heterocycles. The quantitative estimate of drug-likeness (QED) is 0.0982. The minimum atomic E-state index is -1.17. The van der Waals surface area contributed by atoms with Gasteiger partial charge < -0.3 is 20.1 Å². The molecule has 0 heterocycles. The highest BCUT2D eigenvalue weighted by atomic mass is 19.2. The van der Waals surface area contributed by atoms with Crippen LogP contribution in [0.5, 0.6) is 0 Å². The van der Waals surface area contributed by atoms with Crippen LogP contribution in [0, 0.1) is 45.1 Å². The summed E-state index contributed by atoms with van der Waals surface area (Å²) in [4.78, 5) is 17.0. The molecule has 6 nitrogen and oxygen atoms in total. The topological polar surface area (TPSA) is 90.2 Å². The molecular weight excluding hydrogens is 733 g/mol. The molecule has 0 saturated heterocycles. The maximum absolute atomic E-state index is 14.8. The summed E-state index contributed by atoms with van der Waals surface area (Å²) in [6, 6.07) is 27.8. The lowest BCUT2D eigenvalue weighted by molar-refractivity contribution is -0.177. The van der Waals surface area contributed by atoms with Crippen LogP contribution in [0.1, 0.15) is 80.3 Å². The fourth-order valence-electron chi connectivity index (χ4n) is 12.9. The number of rotatable bonds is 12. The van der Waals surface area contributed by atoms with Crippen molar-refractivity contribution in [1.29, 1.82) is 0 Å². The van der Waals surface area contributed by atoms with E-state index in [-0.39, 0.29) is 41.7 Å². The molecule has 304 valence electrons. The number of halogens is 2. The number of ketones is 1. The number of carbonyl (C=O) groups excluding carboxylic acids is 1. The number of carbonyl (C=O) groups is 1. The maximum Gasteiger partial charge on any atom is 0.189 e. The summed E-state index contributed by atoms with van der Waals surface area (Å²) in [7, 11) is 0. The fourth-order valence-corrected chi connectivity index (χ4v) is 12.9. The molecule has 4 aromatic carbocycles. The minimum absolute atomic E-state index is 0.0579. The van der Waals surface area contributed by atoms with Crippen LogP contribution in [-0.2, 0) is 17.9 Å². The largest absolute Gasteiger partial charge is 0.393 e. The van der Waals surface area contributed by atoms with Gasteiger partial charge in [-0.3, -0.25) is 9.69 Å². The monoisotopic (exact) mass is 787 g/mol. The zero-order valence-electron chi connectivity index (χ0n) is 33.5. The third-order valence-electron chi connectivity index (χ3n) is 15.8. The Hall–Kier alpha value is -4.05. The van der Waals surface area contributed by atoms with E-state index in [9.17, 15) is 28.9 Å². The maximum atomic E-state index is 14.8. The van der Waals surface area contributed by atoms with Gasteiger partial charge in [0.15, 0.2) is 17.4 Å². The molecule has 3 saturated carbocycles. The lowest BCUT2D eigenvalue weighted by atomic mass is 9.32. The van der Waals surface area contributed by atoms with Gasteiger partial charge in [-0.15, -0.1) is 0 Å². The summed E-state index contributed by atoms with van der Waals surface area (Å²) in [5.41, 5.74) is -0.486. The van der Waals surface area contributed by atoms with Gasteiger partial charge in [0.05, 0.1) is 31.0 Å². The SMILES string of the molecule is CC12CCC(O)CC13C=CC1(C(C(=O)c4ccc(F)c(F)c4)=C3)C2CCC2(C)C1CCC2(O)CN(Cc1cccc2ccccc12)CC(O)COCc1ccccc1. The average molecular weight is 788 g/mol. The minimum Gasteiger partial charge on any atom is -0.393 e. The molecule has 8 heteroatoms. The lowest BCUT2D eigenvalue weighted by Gasteiger charge is -2.71. The van der Waals surface area contributed by atoms with E-state index in [2.05, 4.69) is 67.3 Å². The number of fused-ring (bicyclic) bond motifs is 2. The van der Waals surface area contributed by atoms with E-state index in [0.717, 1.165) is 53.3 Å². The molecule has 4 aromatic rings. The van der Waals surface area contributed by atoms with Gasteiger partial charge in [-0.25, -0.2) is 8.78 Å². The molecule has 0 amide bonds. The van der Waals surface area contributed by atoms with Gasteiger partial charge in [-0.05, 0) is 102 Å². The molecule has 9 atom stereocenters. The molecule has 0 radical (unpaired) electrons. The molecule has 6 aliphatic rings. The van der Waals surface area contributed by atoms with Crippen molar-refractivity contribution in [2.75, 3.05) is 19.7 Å². The molecule has 6 aliphatic carbocycles. The van der Waals surface area contributed by atoms with E-state index in [1.54, 1.807) is 0 Å². The van der Waals surface area contributed by atoms with E-state index in [4.69, 9.17) is 4.74 Å². The number of aliphatic hydroxyl groups is 3. The van der Waals surface area contributed by atoms with Crippen molar-refractivity contribution in [2.24, 2.45) is 33.5 Å². The van der Waals surface area contributed by atoms with Crippen LogP contribution in [-0.4, -0.2) is 63.5 Å². The number of nitrogens with zero attached hydrogens (tertiary/aromatic N) is 1. The fraction of sp³-hybridized carbons (Fsp3) is 0.460. The van der Waals surface area contributed by atoms with Crippen LogP contribution in [0.4, 0.5) is 8.78 Å². The molecule has 3 fully saturated rings. The normalized spacial score (nSPS) is 34.1. The van der Waals surface area contributed by atoms with Crippen LogP contribution < -0.4 is 0 Å². The van der Waals surface area contributed by atoms with Crippen LogP contribution in [0.3, 0.4) is 0 Å². The molecule has 58 heavy (non-hydrogen) atoms. The van der Waals surface area contributed by atoms with Crippen LogP contribution >= 0.6 is 0 Å². The van der Waals surface area contributed by atoms with Crippen molar-refractivity contribution >= 4 is 16.6 Å². The first kappa shape index (κ1) is 39.4. The molecule has 2 spiro atoms. The first-order valence-electron chi connectivity index (χ1n) is 21.1. The van der Waals surface area contributed by atoms with Crippen LogP contribution in [0.2, 0.25) is 0 Å². The Morgan fingerprint density at radius 3 is 2.40 bits per heavy atom. The number of aliphatic hydroxyl groups excluding tert-OH is 2. The Morgan fingerprint density at radius 2 is 1.59 bits per heavy atom. The number of Topliss-reactive ketones (excluding diaryl/α,β-unsaturated/α-hetero) is 1. The lowest BCUT2D eigenvalue weighted by Crippen LogP contribution is -2.67. The number of ether oxygens (including phenoxy) is 1. The Labute approximate surface area is 340 Å². The Kier molecular flexibility index (Phi) is 9.92. The van der Waals surface area contributed by atoms with Crippen LogP contribution in [0.15, 0.2) is 115 Å².